The van der Waals surface area contributed by atoms with E-state index in [1.54, 1.807) is 31.2 Å². The van der Waals surface area contributed by atoms with Crippen molar-refractivity contribution in [3.63, 3.8) is 0 Å². The van der Waals surface area contributed by atoms with Gasteiger partial charge in [0, 0.05) is 0 Å². The number of esters is 1. The van der Waals surface area contributed by atoms with Crippen LogP contribution in [0.3, 0.4) is 0 Å². The normalized spacial score (nSPS) is 15.4. The Morgan fingerprint density at radius 1 is 1.44 bits per heavy atom. The average Bonchev–Trinajstić information content (AvgIpc) is 2.82. The lowest BCUT2D eigenvalue weighted by atomic mass is 10.2. The zero-order valence-electron chi connectivity index (χ0n) is 13.3. The molecule has 2 amide bonds. The summed E-state index contributed by atoms with van der Waals surface area (Å²) in [6, 6.07) is 5.08. The molecule has 1 heterocycles. The molecule has 1 saturated heterocycles. The molecule has 0 spiro atoms. The number of halogens is 1. The molecule has 0 bridgehead atoms. The second-order valence-corrected chi connectivity index (χ2v) is 6.60. The minimum Gasteiger partial charge on any atom is -0.481 e. The molecule has 25 heavy (non-hydrogen) atoms. The van der Waals surface area contributed by atoms with Crippen molar-refractivity contribution < 1.29 is 23.9 Å². The molecule has 0 radical (unpaired) electrons. The molecule has 0 N–H and O–H groups in total. The first-order valence-corrected chi connectivity index (χ1v) is 8.84. The van der Waals surface area contributed by atoms with E-state index in [4.69, 9.17) is 15.9 Å². The van der Waals surface area contributed by atoms with Gasteiger partial charge < -0.3 is 9.47 Å². The van der Waals surface area contributed by atoms with Crippen LogP contribution in [0.2, 0.25) is 0 Å². The number of rotatable bonds is 6. The van der Waals surface area contributed by atoms with Crippen LogP contribution in [0.5, 0.6) is 5.75 Å². The van der Waals surface area contributed by atoms with Crippen LogP contribution in [0.25, 0.3) is 6.08 Å². The van der Waals surface area contributed by atoms with E-state index in [0.717, 1.165) is 16.7 Å². The number of carbonyl (C=O) groups excluding carboxylic acids is 3. The van der Waals surface area contributed by atoms with Gasteiger partial charge in [-0.2, -0.15) is 0 Å². The van der Waals surface area contributed by atoms with Crippen molar-refractivity contribution in [3.05, 3.63) is 33.1 Å². The highest BCUT2D eigenvalue weighted by molar-refractivity contribution is 9.10. The van der Waals surface area contributed by atoms with Crippen LogP contribution in [0.1, 0.15) is 12.5 Å². The first kappa shape index (κ1) is 19.1. The Balaban J connectivity index is 2.10. The number of imide groups is 1. The van der Waals surface area contributed by atoms with Crippen LogP contribution in [-0.4, -0.2) is 41.8 Å². The molecule has 1 aromatic carbocycles. The van der Waals surface area contributed by atoms with Crippen LogP contribution in [0, 0.1) is 12.3 Å². The SMILES string of the molecule is C#CCN1C(=O)SC(=Cc2ccc(OCC(=O)OCC)c(Br)c2)C1=O. The van der Waals surface area contributed by atoms with Gasteiger partial charge in [-0.05, 0) is 58.4 Å². The number of hydrogen-bond acceptors (Lipinski definition) is 6. The van der Waals surface area contributed by atoms with Gasteiger partial charge >= 0.3 is 5.97 Å². The Bertz CT molecular complexity index is 784. The second-order valence-electron chi connectivity index (χ2n) is 4.76. The van der Waals surface area contributed by atoms with Gasteiger partial charge in [0.1, 0.15) is 5.75 Å². The third-order valence-electron chi connectivity index (χ3n) is 3.03. The summed E-state index contributed by atoms with van der Waals surface area (Å²) in [6.07, 6.45) is 6.76. The lowest BCUT2D eigenvalue weighted by molar-refractivity contribution is -0.145. The Hall–Kier alpha value is -2.24. The number of thioether (sulfide) groups is 1. The Morgan fingerprint density at radius 2 is 2.20 bits per heavy atom. The number of hydrogen-bond donors (Lipinski definition) is 0. The van der Waals surface area contributed by atoms with E-state index in [2.05, 4.69) is 21.9 Å². The van der Waals surface area contributed by atoms with Gasteiger partial charge in [0.05, 0.1) is 22.5 Å². The summed E-state index contributed by atoms with van der Waals surface area (Å²) in [5.41, 5.74) is 0.696. The summed E-state index contributed by atoms with van der Waals surface area (Å²) in [6.45, 7) is 1.76. The molecule has 0 unspecified atom stereocenters. The zero-order chi connectivity index (χ0) is 18.4. The van der Waals surface area contributed by atoms with Gasteiger partial charge in [0.25, 0.3) is 11.1 Å². The summed E-state index contributed by atoms with van der Waals surface area (Å²) in [5, 5.41) is -0.386. The molecule has 1 aromatic rings. The maximum Gasteiger partial charge on any atom is 0.344 e. The highest BCUT2D eigenvalue weighted by atomic mass is 79.9. The minimum absolute atomic E-state index is 0.0493. The van der Waals surface area contributed by atoms with E-state index in [9.17, 15) is 14.4 Å². The van der Waals surface area contributed by atoms with Crippen LogP contribution in [0.4, 0.5) is 4.79 Å². The van der Waals surface area contributed by atoms with Gasteiger partial charge in [0.15, 0.2) is 6.61 Å². The highest BCUT2D eigenvalue weighted by Gasteiger charge is 2.34. The maximum atomic E-state index is 12.1. The molecule has 0 atom stereocenters. The number of terminal acetylenes is 1. The predicted octanol–water partition coefficient (Wildman–Crippen LogP) is 3.06. The standard InChI is InChI=1S/C17H14BrNO5S/c1-3-7-19-16(21)14(25-17(19)22)9-11-5-6-13(12(18)8-11)24-10-15(20)23-4-2/h1,5-6,8-9H,4,7,10H2,2H3. The molecule has 0 saturated carbocycles. The number of nitrogens with zero attached hydrogens (tertiary/aromatic N) is 1. The number of benzene rings is 1. The molecule has 0 aliphatic carbocycles. The molecular formula is C17H14BrNO5S. The number of carbonyl (C=O) groups is 3. The van der Waals surface area contributed by atoms with Gasteiger partial charge in [-0.1, -0.05) is 12.0 Å². The van der Waals surface area contributed by atoms with Crippen LogP contribution >= 0.6 is 27.7 Å². The fraction of sp³-hybridized carbons (Fsp3) is 0.235. The quantitative estimate of drug-likeness (QED) is 0.397. The smallest absolute Gasteiger partial charge is 0.344 e. The van der Waals surface area contributed by atoms with Crippen molar-refractivity contribution in [1.82, 2.24) is 4.90 Å². The van der Waals surface area contributed by atoms with Crippen LogP contribution < -0.4 is 4.74 Å². The summed E-state index contributed by atoms with van der Waals surface area (Å²) < 4.78 is 10.8. The van der Waals surface area contributed by atoms with Gasteiger partial charge in [-0.3, -0.25) is 14.5 Å². The summed E-state index contributed by atoms with van der Waals surface area (Å²) in [5.74, 6) is 1.88. The molecule has 6 nitrogen and oxygen atoms in total. The Morgan fingerprint density at radius 3 is 2.84 bits per heavy atom. The van der Waals surface area contributed by atoms with Crippen molar-refractivity contribution in [3.8, 4) is 18.1 Å². The van der Waals surface area contributed by atoms with Crippen molar-refractivity contribution in [2.45, 2.75) is 6.92 Å². The zero-order valence-corrected chi connectivity index (χ0v) is 15.7. The molecular weight excluding hydrogens is 410 g/mol. The van der Waals surface area contributed by atoms with Crippen molar-refractivity contribution >= 4 is 50.9 Å². The third-order valence-corrected chi connectivity index (χ3v) is 4.55. The Kier molecular flexibility index (Phi) is 6.67. The fourth-order valence-electron chi connectivity index (χ4n) is 1.94. The van der Waals surface area contributed by atoms with Crippen molar-refractivity contribution in [1.29, 1.82) is 0 Å². The van der Waals surface area contributed by atoms with Crippen LogP contribution in [0.15, 0.2) is 27.6 Å². The second kappa shape index (κ2) is 8.74. The molecule has 1 fully saturated rings. The maximum absolute atomic E-state index is 12.1. The molecule has 8 heteroatoms. The average molecular weight is 424 g/mol. The summed E-state index contributed by atoms with van der Waals surface area (Å²) in [4.78, 5) is 36.5. The van der Waals surface area contributed by atoms with E-state index in [1.165, 1.54) is 0 Å². The van der Waals surface area contributed by atoms with Gasteiger partial charge in [-0.15, -0.1) is 6.42 Å². The predicted molar refractivity (Wildman–Crippen MR) is 97.8 cm³/mol. The lowest BCUT2D eigenvalue weighted by Gasteiger charge is -2.08. The van der Waals surface area contributed by atoms with E-state index in [-0.39, 0.29) is 25.0 Å². The van der Waals surface area contributed by atoms with E-state index < -0.39 is 11.9 Å². The van der Waals surface area contributed by atoms with E-state index in [1.807, 2.05) is 0 Å². The molecule has 130 valence electrons. The van der Waals surface area contributed by atoms with E-state index >= 15 is 0 Å². The molecule has 1 aliphatic heterocycles. The number of ether oxygens (including phenoxy) is 2. The number of amides is 2. The van der Waals surface area contributed by atoms with E-state index in [0.29, 0.717) is 20.7 Å². The summed E-state index contributed by atoms with van der Waals surface area (Å²) >= 11 is 4.19. The molecule has 1 aliphatic rings. The largest absolute Gasteiger partial charge is 0.481 e. The van der Waals surface area contributed by atoms with Crippen LogP contribution in [-0.2, 0) is 14.3 Å². The topological polar surface area (TPSA) is 72.9 Å². The molecule has 0 aromatic heterocycles. The fourth-order valence-corrected chi connectivity index (χ4v) is 3.29. The lowest BCUT2D eigenvalue weighted by Crippen LogP contribution is -2.28. The highest BCUT2D eigenvalue weighted by Crippen LogP contribution is 2.33. The monoisotopic (exact) mass is 423 g/mol. The van der Waals surface area contributed by atoms with Crippen molar-refractivity contribution in [2.24, 2.45) is 0 Å². The minimum atomic E-state index is -0.458. The Labute approximate surface area is 157 Å². The van der Waals surface area contributed by atoms with Gasteiger partial charge in [0.2, 0.25) is 0 Å². The first-order chi connectivity index (χ1) is 12.0. The van der Waals surface area contributed by atoms with Crippen molar-refractivity contribution in [2.75, 3.05) is 19.8 Å². The van der Waals surface area contributed by atoms with Gasteiger partial charge in [-0.25, -0.2) is 4.79 Å². The third kappa shape index (κ3) is 4.87. The first-order valence-electron chi connectivity index (χ1n) is 7.23. The summed E-state index contributed by atoms with van der Waals surface area (Å²) in [7, 11) is 0. The molecule has 2 rings (SSSR count).